The van der Waals surface area contributed by atoms with Gasteiger partial charge in [0.1, 0.15) is 5.01 Å². The molecule has 0 radical (unpaired) electrons. The van der Waals surface area contributed by atoms with Gasteiger partial charge < -0.3 is 5.32 Å². The molecule has 1 aromatic carbocycles. The molecule has 1 amide bonds. The lowest BCUT2D eigenvalue weighted by molar-refractivity contribution is -0.124. The summed E-state index contributed by atoms with van der Waals surface area (Å²) in [5, 5.41) is 12.1. The van der Waals surface area contributed by atoms with Crippen molar-refractivity contribution in [3.63, 3.8) is 0 Å². The average Bonchev–Trinajstić information content (AvgIpc) is 3.55. The topological polar surface area (TPSA) is 154 Å². The van der Waals surface area contributed by atoms with Crippen LogP contribution in [0.2, 0.25) is 0 Å². The molecule has 0 bridgehead atoms. The summed E-state index contributed by atoms with van der Waals surface area (Å²) in [5.41, 5.74) is 2.38. The summed E-state index contributed by atoms with van der Waals surface area (Å²) in [6.45, 7) is 1.93. The maximum absolute atomic E-state index is 13.7. The molecule has 13 heteroatoms. The van der Waals surface area contributed by atoms with Crippen LogP contribution >= 0.6 is 11.3 Å². The molecule has 2 heterocycles. The highest BCUT2D eigenvalue weighted by Crippen LogP contribution is 2.41. The number of benzene rings is 1. The van der Waals surface area contributed by atoms with Crippen molar-refractivity contribution in [2.45, 2.75) is 95.1 Å². The maximum atomic E-state index is 13.7. The number of unbranched alkanes of at least 4 members (excludes halogenated alkanes) is 11. The molecule has 0 fully saturated rings. The Hall–Kier alpha value is -2.35. The lowest BCUT2D eigenvalue weighted by atomic mass is 9.98. The molecular formula is C30H47N5O5S3. The summed E-state index contributed by atoms with van der Waals surface area (Å²) in [6, 6.07) is 7.51. The highest BCUT2D eigenvalue weighted by atomic mass is 32.2. The first-order valence-corrected chi connectivity index (χ1v) is 19.7. The monoisotopic (exact) mass is 653 g/mol. The van der Waals surface area contributed by atoms with Crippen molar-refractivity contribution >= 4 is 47.3 Å². The number of thiazole rings is 1. The number of nitrogens with one attached hydrogen (secondary N) is 1. The summed E-state index contributed by atoms with van der Waals surface area (Å²) < 4.78 is 50.6. The molecule has 2 aromatic heterocycles. The summed E-state index contributed by atoms with van der Waals surface area (Å²) in [6.07, 6.45) is 16.2. The van der Waals surface area contributed by atoms with Gasteiger partial charge in [-0.25, -0.2) is 27.0 Å². The number of sulfone groups is 1. The first-order valence-electron chi connectivity index (χ1n) is 15.3. The molecule has 3 N–H and O–H groups in total. The van der Waals surface area contributed by atoms with E-state index < -0.39 is 36.3 Å². The number of primary sulfonamides is 1. The van der Waals surface area contributed by atoms with Gasteiger partial charge in [-0.3, -0.25) is 9.48 Å². The molecule has 10 nitrogen and oxygen atoms in total. The van der Waals surface area contributed by atoms with Crippen LogP contribution in [0, 0.1) is 0 Å². The first kappa shape index (κ1) is 35.1. The number of hydrogen-bond acceptors (Lipinski definition) is 8. The molecule has 1 atom stereocenters. The highest BCUT2D eigenvalue weighted by Gasteiger charge is 2.51. The van der Waals surface area contributed by atoms with Gasteiger partial charge in [0.2, 0.25) is 20.7 Å². The van der Waals surface area contributed by atoms with E-state index in [0.717, 1.165) is 47.9 Å². The third-order valence-electron chi connectivity index (χ3n) is 7.90. The Kier molecular flexibility index (Phi) is 13.2. The van der Waals surface area contributed by atoms with Gasteiger partial charge in [0.05, 0.1) is 21.7 Å². The summed E-state index contributed by atoms with van der Waals surface area (Å²) >= 11 is 1.18. The Bertz CT molecular complexity index is 1550. The molecule has 0 aliphatic heterocycles. The van der Waals surface area contributed by atoms with Crippen LogP contribution in [-0.4, -0.2) is 56.1 Å². The van der Waals surface area contributed by atoms with E-state index in [1.165, 1.54) is 56.3 Å². The van der Waals surface area contributed by atoms with Crippen LogP contribution in [0.1, 0.15) is 95.4 Å². The molecule has 43 heavy (non-hydrogen) atoms. The van der Waals surface area contributed by atoms with E-state index in [1.54, 1.807) is 10.9 Å². The normalized spacial score (nSPS) is 13.8. The maximum Gasteiger partial charge on any atom is 0.248 e. The van der Waals surface area contributed by atoms with Crippen LogP contribution in [0.3, 0.4) is 0 Å². The Morgan fingerprint density at radius 1 is 0.953 bits per heavy atom. The fourth-order valence-electron chi connectivity index (χ4n) is 5.41. The van der Waals surface area contributed by atoms with Gasteiger partial charge in [0.15, 0.2) is 9.84 Å². The number of carbonyl (C=O) groups is 1. The SMILES string of the molecule is CCCCCCCCCCCCCCC(C(=O)NCCS(N)(=O)=O)(c1nc2ccc(-c3ccnn3C)cc2s1)S(C)(=O)=O. The summed E-state index contributed by atoms with van der Waals surface area (Å²) in [5.74, 6) is -1.27. The lowest BCUT2D eigenvalue weighted by Gasteiger charge is -2.29. The van der Waals surface area contributed by atoms with Crippen molar-refractivity contribution in [1.29, 1.82) is 0 Å². The molecule has 3 rings (SSSR count). The van der Waals surface area contributed by atoms with Crippen molar-refractivity contribution in [2.24, 2.45) is 12.2 Å². The fourth-order valence-corrected chi connectivity index (χ4v) is 8.78. The number of aryl methyl sites for hydroxylation is 1. The lowest BCUT2D eigenvalue weighted by Crippen LogP contribution is -2.50. The van der Waals surface area contributed by atoms with Gasteiger partial charge in [0.25, 0.3) is 0 Å². The van der Waals surface area contributed by atoms with E-state index in [2.05, 4.69) is 22.3 Å². The Labute approximate surface area is 260 Å². The first-order chi connectivity index (χ1) is 20.4. The smallest absolute Gasteiger partial charge is 0.248 e. The van der Waals surface area contributed by atoms with Crippen LogP contribution in [0.15, 0.2) is 30.5 Å². The molecule has 0 aliphatic rings. The number of fused-ring (bicyclic) bond motifs is 1. The van der Waals surface area contributed by atoms with Gasteiger partial charge in [-0.1, -0.05) is 90.0 Å². The van der Waals surface area contributed by atoms with Crippen LogP contribution in [0.4, 0.5) is 0 Å². The number of amides is 1. The van der Waals surface area contributed by atoms with Crippen molar-refractivity contribution in [2.75, 3.05) is 18.6 Å². The van der Waals surface area contributed by atoms with Crippen LogP contribution < -0.4 is 10.5 Å². The fraction of sp³-hybridized carbons (Fsp3) is 0.633. The van der Waals surface area contributed by atoms with Gasteiger partial charge in [0, 0.05) is 31.6 Å². The minimum absolute atomic E-state index is 0.0544. The molecule has 0 saturated heterocycles. The molecule has 240 valence electrons. The third kappa shape index (κ3) is 9.82. The largest absolute Gasteiger partial charge is 0.353 e. The number of nitrogens with two attached hydrogens (primary N) is 1. The van der Waals surface area contributed by atoms with Crippen molar-refractivity contribution < 1.29 is 21.6 Å². The second-order valence-corrected chi connectivity index (χ2v) is 16.4. The zero-order valence-corrected chi connectivity index (χ0v) is 28.1. The van der Waals surface area contributed by atoms with Gasteiger partial charge >= 0.3 is 0 Å². The predicted molar refractivity (Wildman–Crippen MR) is 175 cm³/mol. The van der Waals surface area contributed by atoms with E-state index in [1.807, 2.05) is 31.3 Å². The number of rotatable bonds is 20. The third-order valence-corrected chi connectivity index (χ3v) is 11.8. The predicted octanol–water partition coefficient (Wildman–Crippen LogP) is 5.43. The number of sulfonamides is 1. The van der Waals surface area contributed by atoms with Crippen LogP contribution in [0.25, 0.3) is 21.5 Å². The zero-order chi connectivity index (χ0) is 31.5. The Balaban J connectivity index is 1.77. The molecule has 0 aliphatic carbocycles. The molecule has 1 unspecified atom stereocenters. The standard InChI is InChI=1S/C30H47N5O5S3/c1-4-5-6-7-8-9-10-11-12-13-14-15-19-30(42(3,37)38,28(36)32-21-22-43(31,39)40)29-34-25-17-16-24(23-27(25)41-29)26-18-20-33-35(26)2/h16-18,20,23H,4-15,19,21-22H2,1-3H3,(H,32,36)(H2,31,39,40). The Morgan fingerprint density at radius 3 is 2.09 bits per heavy atom. The number of aromatic nitrogens is 3. The highest BCUT2D eigenvalue weighted by molar-refractivity contribution is 7.92. The average molecular weight is 654 g/mol. The van der Waals surface area contributed by atoms with E-state index in [-0.39, 0.29) is 18.0 Å². The summed E-state index contributed by atoms with van der Waals surface area (Å²) in [4.78, 5) is 18.4. The second-order valence-electron chi connectivity index (χ2n) is 11.4. The van der Waals surface area contributed by atoms with E-state index in [9.17, 15) is 21.6 Å². The van der Waals surface area contributed by atoms with Crippen LogP contribution in [0.5, 0.6) is 0 Å². The molecular weight excluding hydrogens is 607 g/mol. The second kappa shape index (κ2) is 16.1. The number of carbonyl (C=O) groups excluding carboxylic acids is 1. The van der Waals surface area contributed by atoms with Gasteiger partial charge in [-0.2, -0.15) is 5.10 Å². The molecule has 0 spiro atoms. The van der Waals surface area contributed by atoms with E-state index in [4.69, 9.17) is 5.14 Å². The van der Waals surface area contributed by atoms with E-state index in [0.29, 0.717) is 11.9 Å². The van der Waals surface area contributed by atoms with Crippen molar-refractivity contribution in [3.05, 3.63) is 35.5 Å². The quantitative estimate of drug-likeness (QED) is 0.154. The minimum atomic E-state index is -4.03. The van der Waals surface area contributed by atoms with Crippen molar-refractivity contribution in [1.82, 2.24) is 20.1 Å². The number of nitrogens with zero attached hydrogens (tertiary/aromatic N) is 3. The van der Waals surface area contributed by atoms with Crippen LogP contribution in [-0.2, 0) is 36.4 Å². The minimum Gasteiger partial charge on any atom is -0.353 e. The van der Waals surface area contributed by atoms with Crippen molar-refractivity contribution in [3.8, 4) is 11.3 Å². The molecule has 3 aromatic rings. The van der Waals surface area contributed by atoms with Gasteiger partial charge in [-0.05, 0) is 24.6 Å². The summed E-state index contributed by atoms with van der Waals surface area (Å²) in [7, 11) is -6.03. The van der Waals surface area contributed by atoms with E-state index >= 15 is 0 Å². The Morgan fingerprint density at radius 2 is 1.56 bits per heavy atom. The van der Waals surface area contributed by atoms with Gasteiger partial charge in [-0.15, -0.1) is 11.3 Å². The molecule has 0 saturated carbocycles. The zero-order valence-electron chi connectivity index (χ0n) is 25.7. The number of hydrogen-bond donors (Lipinski definition) is 2.